The maximum atomic E-state index is 6.04. The van der Waals surface area contributed by atoms with E-state index in [9.17, 15) is 0 Å². The topological polar surface area (TPSA) is 24.5 Å². The summed E-state index contributed by atoms with van der Waals surface area (Å²) >= 11 is 0. The average molecular weight is 262 g/mol. The molecule has 1 aliphatic rings. The van der Waals surface area contributed by atoms with Crippen molar-refractivity contribution in [3.8, 4) is 5.75 Å². The monoisotopic (exact) mass is 262 g/mol. The number of hydrogen-bond acceptors (Lipinski definition) is 3. The predicted octanol–water partition coefficient (Wildman–Crippen LogP) is 2.58. The van der Waals surface area contributed by atoms with E-state index >= 15 is 0 Å². The molecule has 0 radical (unpaired) electrons. The Morgan fingerprint density at radius 1 is 1.21 bits per heavy atom. The van der Waals surface area contributed by atoms with E-state index in [1.807, 2.05) is 7.05 Å². The second-order valence-electron chi connectivity index (χ2n) is 5.34. The van der Waals surface area contributed by atoms with Crippen LogP contribution in [0.15, 0.2) is 18.2 Å². The van der Waals surface area contributed by atoms with Gasteiger partial charge in [-0.05, 0) is 45.5 Å². The molecule has 106 valence electrons. The van der Waals surface area contributed by atoms with E-state index in [0.29, 0.717) is 0 Å². The maximum absolute atomic E-state index is 6.04. The maximum Gasteiger partial charge on any atom is 0.126 e. The normalized spacial score (nSPS) is 16.5. The molecule has 0 amide bonds. The Morgan fingerprint density at radius 3 is 2.74 bits per heavy atom. The molecule has 0 atom stereocenters. The first-order valence-electron chi connectivity index (χ1n) is 7.39. The van der Waals surface area contributed by atoms with E-state index in [1.54, 1.807) is 0 Å². The summed E-state index contributed by atoms with van der Waals surface area (Å²) in [4.78, 5) is 2.51. The van der Waals surface area contributed by atoms with Gasteiger partial charge in [0, 0.05) is 18.7 Å². The minimum absolute atomic E-state index is 0.793. The lowest BCUT2D eigenvalue weighted by molar-refractivity contribution is 0.182. The number of benzene rings is 1. The van der Waals surface area contributed by atoms with Crippen molar-refractivity contribution >= 4 is 0 Å². The number of rotatable bonds is 6. The smallest absolute Gasteiger partial charge is 0.126 e. The van der Waals surface area contributed by atoms with Gasteiger partial charge in [-0.15, -0.1) is 0 Å². The molecule has 0 aliphatic carbocycles. The van der Waals surface area contributed by atoms with Crippen LogP contribution in [0, 0.1) is 6.92 Å². The van der Waals surface area contributed by atoms with E-state index in [-0.39, 0.29) is 0 Å². The summed E-state index contributed by atoms with van der Waals surface area (Å²) in [5.41, 5.74) is 2.48. The zero-order chi connectivity index (χ0) is 13.5. The molecule has 1 heterocycles. The molecule has 1 N–H and O–H groups in total. The molecule has 1 saturated heterocycles. The van der Waals surface area contributed by atoms with Crippen molar-refractivity contribution in [2.45, 2.75) is 32.7 Å². The molecule has 0 spiro atoms. The fourth-order valence-corrected chi connectivity index (χ4v) is 2.71. The average Bonchev–Trinajstić information content (AvgIpc) is 2.43. The number of aryl methyl sites for hydroxylation is 1. The van der Waals surface area contributed by atoms with E-state index < -0.39 is 0 Å². The molecule has 0 saturated carbocycles. The number of ether oxygens (including phenoxy) is 1. The van der Waals surface area contributed by atoms with Gasteiger partial charge in [-0.2, -0.15) is 0 Å². The van der Waals surface area contributed by atoms with E-state index in [0.717, 1.165) is 25.4 Å². The summed E-state index contributed by atoms with van der Waals surface area (Å²) < 4.78 is 6.04. The number of likely N-dealkylation sites (tertiary alicyclic amines) is 1. The first-order chi connectivity index (χ1) is 9.31. The van der Waals surface area contributed by atoms with Crippen LogP contribution in [-0.2, 0) is 6.54 Å². The zero-order valence-electron chi connectivity index (χ0n) is 12.2. The van der Waals surface area contributed by atoms with Gasteiger partial charge < -0.3 is 10.1 Å². The first kappa shape index (κ1) is 14.4. The van der Waals surface area contributed by atoms with Gasteiger partial charge in [-0.3, -0.25) is 4.90 Å². The molecule has 3 nitrogen and oxygen atoms in total. The number of para-hydroxylation sites is 1. The number of piperidine rings is 1. The van der Waals surface area contributed by atoms with Crippen LogP contribution in [0.25, 0.3) is 0 Å². The summed E-state index contributed by atoms with van der Waals surface area (Å²) in [5, 5.41) is 3.20. The van der Waals surface area contributed by atoms with Gasteiger partial charge in [-0.25, -0.2) is 0 Å². The minimum Gasteiger partial charge on any atom is -0.492 e. The standard InChI is InChI=1S/C16H26N2O/c1-14-7-6-8-15(13-17-2)16(14)19-12-11-18-9-4-3-5-10-18/h6-8,17H,3-5,9-13H2,1-2H3. The van der Waals surface area contributed by atoms with Gasteiger partial charge in [0.2, 0.25) is 0 Å². The van der Waals surface area contributed by atoms with Crippen LogP contribution >= 0.6 is 0 Å². The third-order valence-corrected chi connectivity index (χ3v) is 3.76. The largest absolute Gasteiger partial charge is 0.492 e. The lowest BCUT2D eigenvalue weighted by atomic mass is 10.1. The number of nitrogens with zero attached hydrogens (tertiary/aromatic N) is 1. The highest BCUT2D eigenvalue weighted by atomic mass is 16.5. The fraction of sp³-hybridized carbons (Fsp3) is 0.625. The lowest BCUT2D eigenvalue weighted by Gasteiger charge is -2.26. The molecule has 1 aromatic rings. The van der Waals surface area contributed by atoms with Crippen molar-refractivity contribution in [1.29, 1.82) is 0 Å². The predicted molar refractivity (Wildman–Crippen MR) is 79.7 cm³/mol. The SMILES string of the molecule is CNCc1cccc(C)c1OCCN1CCCCC1. The molecule has 1 fully saturated rings. The summed E-state index contributed by atoms with van der Waals surface area (Å²) in [7, 11) is 1.97. The van der Waals surface area contributed by atoms with Gasteiger partial charge in [-0.1, -0.05) is 24.6 Å². The zero-order valence-corrected chi connectivity index (χ0v) is 12.2. The van der Waals surface area contributed by atoms with Gasteiger partial charge >= 0.3 is 0 Å². The minimum atomic E-state index is 0.793. The second-order valence-corrected chi connectivity index (χ2v) is 5.34. The Kier molecular flexibility index (Phi) is 5.67. The molecule has 19 heavy (non-hydrogen) atoms. The van der Waals surface area contributed by atoms with E-state index in [2.05, 4.69) is 35.3 Å². The Hall–Kier alpha value is -1.06. The Labute approximate surface area is 116 Å². The lowest BCUT2D eigenvalue weighted by Crippen LogP contribution is -2.33. The fourth-order valence-electron chi connectivity index (χ4n) is 2.71. The van der Waals surface area contributed by atoms with Gasteiger partial charge in [0.1, 0.15) is 12.4 Å². The van der Waals surface area contributed by atoms with E-state index in [4.69, 9.17) is 4.74 Å². The van der Waals surface area contributed by atoms with Crippen molar-refractivity contribution in [2.75, 3.05) is 33.3 Å². The highest BCUT2D eigenvalue weighted by Gasteiger charge is 2.11. The summed E-state index contributed by atoms with van der Waals surface area (Å²) in [6.07, 6.45) is 4.08. The molecule has 0 bridgehead atoms. The highest BCUT2D eigenvalue weighted by Crippen LogP contribution is 2.23. The highest BCUT2D eigenvalue weighted by molar-refractivity contribution is 5.40. The summed E-state index contributed by atoms with van der Waals surface area (Å²) in [6, 6.07) is 6.36. The van der Waals surface area contributed by atoms with Crippen molar-refractivity contribution in [3.63, 3.8) is 0 Å². The van der Waals surface area contributed by atoms with Crippen molar-refractivity contribution in [1.82, 2.24) is 10.2 Å². The molecular formula is C16H26N2O. The van der Waals surface area contributed by atoms with Gasteiger partial charge in [0.05, 0.1) is 0 Å². The molecule has 1 aliphatic heterocycles. The van der Waals surface area contributed by atoms with Crippen LogP contribution < -0.4 is 10.1 Å². The summed E-state index contributed by atoms with van der Waals surface area (Å²) in [5.74, 6) is 1.06. The van der Waals surface area contributed by atoms with Crippen molar-refractivity contribution in [2.24, 2.45) is 0 Å². The van der Waals surface area contributed by atoms with Crippen molar-refractivity contribution < 1.29 is 4.74 Å². The van der Waals surface area contributed by atoms with Crippen LogP contribution in [0.3, 0.4) is 0 Å². The van der Waals surface area contributed by atoms with Crippen molar-refractivity contribution in [3.05, 3.63) is 29.3 Å². The van der Waals surface area contributed by atoms with Crippen LogP contribution in [0.4, 0.5) is 0 Å². The number of nitrogens with one attached hydrogen (secondary N) is 1. The third kappa shape index (κ3) is 4.22. The van der Waals surface area contributed by atoms with Crippen LogP contribution in [0.5, 0.6) is 5.75 Å². The third-order valence-electron chi connectivity index (χ3n) is 3.76. The quantitative estimate of drug-likeness (QED) is 0.853. The first-order valence-corrected chi connectivity index (χ1v) is 7.39. The van der Waals surface area contributed by atoms with E-state index in [1.165, 1.54) is 43.5 Å². The second kappa shape index (κ2) is 7.51. The molecule has 3 heteroatoms. The molecule has 2 rings (SSSR count). The van der Waals surface area contributed by atoms with Crippen LogP contribution in [-0.4, -0.2) is 38.2 Å². The van der Waals surface area contributed by atoms with Gasteiger partial charge in [0.25, 0.3) is 0 Å². The van der Waals surface area contributed by atoms with Crippen LogP contribution in [0.1, 0.15) is 30.4 Å². The van der Waals surface area contributed by atoms with Crippen LogP contribution in [0.2, 0.25) is 0 Å². The Balaban J connectivity index is 1.87. The molecule has 0 aromatic heterocycles. The Bertz CT molecular complexity index is 386. The van der Waals surface area contributed by atoms with Gasteiger partial charge in [0.15, 0.2) is 0 Å². The molecule has 1 aromatic carbocycles. The Morgan fingerprint density at radius 2 is 2.00 bits per heavy atom. The molecular weight excluding hydrogens is 236 g/mol. The number of hydrogen-bond donors (Lipinski definition) is 1. The molecule has 0 unspecified atom stereocenters. The summed E-state index contributed by atoms with van der Waals surface area (Å²) in [6.45, 7) is 7.30.